The molecule has 1 saturated carbocycles. The van der Waals surface area contributed by atoms with E-state index in [1.165, 1.54) is 31.2 Å². The zero-order chi connectivity index (χ0) is 13.7. The summed E-state index contributed by atoms with van der Waals surface area (Å²) in [5.41, 5.74) is 8.29. The maximum Gasteiger partial charge on any atom is 0.0858 e. The molecule has 0 heterocycles. The molecule has 1 aromatic carbocycles. The first kappa shape index (κ1) is 14.5. The number of benzene rings is 1. The average molecular weight is 261 g/mol. The fourth-order valence-electron chi connectivity index (χ4n) is 3.31. The monoisotopic (exact) mass is 261 g/mol. The van der Waals surface area contributed by atoms with Crippen molar-refractivity contribution in [2.75, 3.05) is 6.54 Å². The van der Waals surface area contributed by atoms with Crippen LogP contribution in [0.3, 0.4) is 0 Å². The van der Waals surface area contributed by atoms with E-state index in [1.54, 1.807) is 0 Å². The Kier molecular flexibility index (Phi) is 5.00. The van der Waals surface area contributed by atoms with Crippen molar-refractivity contribution in [2.24, 2.45) is 11.1 Å². The van der Waals surface area contributed by atoms with E-state index in [9.17, 15) is 5.11 Å². The van der Waals surface area contributed by atoms with E-state index in [2.05, 4.69) is 31.2 Å². The highest BCUT2D eigenvalue weighted by Crippen LogP contribution is 2.44. The van der Waals surface area contributed by atoms with Crippen molar-refractivity contribution in [2.45, 2.75) is 58.0 Å². The molecule has 0 saturated heterocycles. The van der Waals surface area contributed by atoms with Crippen molar-refractivity contribution in [1.82, 2.24) is 0 Å². The van der Waals surface area contributed by atoms with E-state index >= 15 is 0 Å². The number of aliphatic hydroxyl groups is 1. The minimum absolute atomic E-state index is 0.107. The van der Waals surface area contributed by atoms with Crippen LogP contribution in [0, 0.1) is 5.41 Å². The number of aryl methyl sites for hydroxylation is 1. The fraction of sp³-hybridized carbons (Fsp3) is 0.647. The Morgan fingerprint density at radius 2 is 1.68 bits per heavy atom. The van der Waals surface area contributed by atoms with E-state index < -0.39 is 6.10 Å². The van der Waals surface area contributed by atoms with Crippen LogP contribution in [0.4, 0.5) is 0 Å². The van der Waals surface area contributed by atoms with Gasteiger partial charge in [0.1, 0.15) is 0 Å². The van der Waals surface area contributed by atoms with Crippen molar-refractivity contribution in [3.05, 3.63) is 35.4 Å². The summed E-state index contributed by atoms with van der Waals surface area (Å²) in [6.45, 7) is 2.74. The van der Waals surface area contributed by atoms with Gasteiger partial charge in [0.05, 0.1) is 6.10 Å². The molecule has 0 bridgehead atoms. The topological polar surface area (TPSA) is 46.2 Å². The van der Waals surface area contributed by atoms with Crippen molar-refractivity contribution >= 4 is 0 Å². The number of aliphatic hydroxyl groups excluding tert-OH is 1. The second-order valence-electron chi connectivity index (χ2n) is 5.98. The largest absolute Gasteiger partial charge is 0.388 e. The third kappa shape index (κ3) is 3.18. The maximum absolute atomic E-state index is 10.8. The van der Waals surface area contributed by atoms with Gasteiger partial charge in [0.25, 0.3) is 0 Å². The molecule has 0 aliphatic heterocycles. The Balaban J connectivity index is 2.20. The molecule has 2 rings (SSSR count). The predicted molar refractivity (Wildman–Crippen MR) is 80.0 cm³/mol. The summed E-state index contributed by atoms with van der Waals surface area (Å²) in [6, 6.07) is 8.40. The normalized spacial score (nSPS) is 20.8. The first-order chi connectivity index (χ1) is 9.22. The highest BCUT2D eigenvalue weighted by atomic mass is 16.3. The van der Waals surface area contributed by atoms with Crippen molar-refractivity contribution in [1.29, 1.82) is 0 Å². The van der Waals surface area contributed by atoms with Crippen LogP contribution in [0.5, 0.6) is 0 Å². The lowest BCUT2D eigenvalue weighted by Gasteiger charge is -2.36. The first-order valence-electron chi connectivity index (χ1n) is 7.69. The third-order valence-electron chi connectivity index (χ3n) is 4.79. The zero-order valence-electron chi connectivity index (χ0n) is 12.1. The van der Waals surface area contributed by atoms with Crippen LogP contribution in [-0.4, -0.2) is 11.7 Å². The summed E-state index contributed by atoms with van der Waals surface area (Å²) in [6.07, 6.45) is 7.69. The lowest BCUT2D eigenvalue weighted by atomic mass is 9.73. The zero-order valence-corrected chi connectivity index (χ0v) is 12.1. The Bertz CT molecular complexity index is 377. The molecule has 2 heteroatoms. The van der Waals surface area contributed by atoms with Gasteiger partial charge in [0.15, 0.2) is 0 Å². The van der Waals surface area contributed by atoms with Crippen LogP contribution in [0.1, 0.15) is 62.7 Å². The smallest absolute Gasteiger partial charge is 0.0858 e. The van der Waals surface area contributed by atoms with Gasteiger partial charge in [0.2, 0.25) is 0 Å². The van der Waals surface area contributed by atoms with Crippen LogP contribution < -0.4 is 5.73 Å². The molecular weight excluding hydrogens is 234 g/mol. The number of nitrogens with two attached hydrogens (primary N) is 1. The van der Waals surface area contributed by atoms with Gasteiger partial charge in [-0.3, -0.25) is 0 Å². The molecule has 1 fully saturated rings. The van der Waals surface area contributed by atoms with Gasteiger partial charge < -0.3 is 10.8 Å². The van der Waals surface area contributed by atoms with E-state index in [4.69, 9.17) is 5.73 Å². The molecule has 0 spiro atoms. The molecule has 0 aromatic heterocycles. The molecule has 1 unspecified atom stereocenters. The molecule has 1 aliphatic rings. The summed E-state index contributed by atoms with van der Waals surface area (Å²) in [5, 5.41) is 10.8. The average Bonchev–Trinajstić information content (AvgIpc) is 2.73. The molecule has 19 heavy (non-hydrogen) atoms. The molecule has 0 amide bonds. The number of hydrogen-bond acceptors (Lipinski definition) is 2. The molecule has 0 radical (unpaired) electrons. The SMILES string of the molecule is CCc1ccc(C(O)C2(CN)CCCCCC2)cc1. The second-order valence-corrected chi connectivity index (χ2v) is 5.98. The predicted octanol–water partition coefficient (Wildman–Crippen LogP) is 3.58. The van der Waals surface area contributed by atoms with Crippen LogP contribution in [-0.2, 0) is 6.42 Å². The summed E-state index contributed by atoms with van der Waals surface area (Å²) >= 11 is 0. The summed E-state index contributed by atoms with van der Waals surface area (Å²) < 4.78 is 0. The third-order valence-corrected chi connectivity index (χ3v) is 4.79. The van der Waals surface area contributed by atoms with Gasteiger partial charge in [-0.1, -0.05) is 56.9 Å². The highest BCUT2D eigenvalue weighted by Gasteiger charge is 2.37. The number of hydrogen-bond donors (Lipinski definition) is 2. The van der Waals surface area contributed by atoms with Gasteiger partial charge in [-0.05, 0) is 30.4 Å². The van der Waals surface area contributed by atoms with E-state index in [-0.39, 0.29) is 5.41 Å². The van der Waals surface area contributed by atoms with Gasteiger partial charge in [0, 0.05) is 12.0 Å². The highest BCUT2D eigenvalue weighted by molar-refractivity contribution is 5.25. The summed E-state index contributed by atoms with van der Waals surface area (Å²) in [7, 11) is 0. The Morgan fingerprint density at radius 1 is 1.11 bits per heavy atom. The lowest BCUT2D eigenvalue weighted by Crippen LogP contribution is -2.36. The Hall–Kier alpha value is -0.860. The second kappa shape index (κ2) is 6.53. The van der Waals surface area contributed by atoms with Crippen LogP contribution in [0.15, 0.2) is 24.3 Å². The van der Waals surface area contributed by atoms with Crippen LogP contribution >= 0.6 is 0 Å². The van der Waals surface area contributed by atoms with Gasteiger partial charge in [-0.15, -0.1) is 0 Å². The van der Waals surface area contributed by atoms with Gasteiger partial charge in [-0.2, -0.15) is 0 Å². The molecule has 106 valence electrons. The first-order valence-corrected chi connectivity index (χ1v) is 7.69. The van der Waals surface area contributed by atoms with Crippen molar-refractivity contribution in [3.63, 3.8) is 0 Å². The lowest BCUT2D eigenvalue weighted by molar-refractivity contribution is 0.0166. The van der Waals surface area contributed by atoms with Gasteiger partial charge in [-0.25, -0.2) is 0 Å². The molecule has 1 aromatic rings. The molecule has 3 N–H and O–H groups in total. The molecular formula is C17H27NO. The quantitative estimate of drug-likeness (QED) is 0.814. The molecule has 1 atom stereocenters. The maximum atomic E-state index is 10.8. The van der Waals surface area contributed by atoms with Gasteiger partial charge >= 0.3 is 0 Å². The minimum Gasteiger partial charge on any atom is -0.388 e. The Labute approximate surface area is 117 Å². The van der Waals surface area contributed by atoms with E-state index in [1.807, 2.05) is 0 Å². The van der Waals surface area contributed by atoms with Crippen LogP contribution in [0.2, 0.25) is 0 Å². The van der Waals surface area contributed by atoms with Crippen LogP contribution in [0.25, 0.3) is 0 Å². The van der Waals surface area contributed by atoms with E-state index in [0.29, 0.717) is 6.54 Å². The standard InChI is InChI=1S/C17H27NO/c1-2-14-7-9-15(10-8-14)16(19)17(13-18)11-5-3-4-6-12-17/h7-10,16,19H,2-6,11-13,18H2,1H3. The Morgan fingerprint density at radius 3 is 2.16 bits per heavy atom. The van der Waals surface area contributed by atoms with E-state index in [0.717, 1.165) is 24.8 Å². The number of rotatable bonds is 4. The molecule has 1 aliphatic carbocycles. The van der Waals surface area contributed by atoms with Crippen molar-refractivity contribution < 1.29 is 5.11 Å². The summed E-state index contributed by atoms with van der Waals surface area (Å²) in [4.78, 5) is 0. The fourth-order valence-corrected chi connectivity index (χ4v) is 3.31. The summed E-state index contributed by atoms with van der Waals surface area (Å²) in [5.74, 6) is 0. The molecule has 2 nitrogen and oxygen atoms in total. The van der Waals surface area contributed by atoms with Crippen molar-refractivity contribution in [3.8, 4) is 0 Å². The minimum atomic E-state index is -0.415.